The first kappa shape index (κ1) is 27.6. The van der Waals surface area contributed by atoms with E-state index in [0.29, 0.717) is 29.8 Å². The lowest BCUT2D eigenvalue weighted by atomic mass is 9.85. The summed E-state index contributed by atoms with van der Waals surface area (Å²) >= 11 is 6.45. The number of carbonyl (C=O) groups is 4. The zero-order valence-electron chi connectivity index (χ0n) is 21.8. The Morgan fingerprint density at radius 1 is 0.974 bits per heavy atom. The van der Waals surface area contributed by atoms with Gasteiger partial charge in [-0.05, 0) is 43.9 Å². The van der Waals surface area contributed by atoms with Gasteiger partial charge in [0.1, 0.15) is 6.04 Å². The number of amides is 4. The summed E-state index contributed by atoms with van der Waals surface area (Å²) in [7, 11) is 0. The van der Waals surface area contributed by atoms with Gasteiger partial charge in [0.15, 0.2) is 0 Å². The van der Waals surface area contributed by atoms with Crippen molar-refractivity contribution in [1.29, 1.82) is 0 Å². The van der Waals surface area contributed by atoms with E-state index >= 15 is 0 Å². The van der Waals surface area contributed by atoms with Crippen LogP contribution in [0.2, 0.25) is 5.02 Å². The molecule has 0 radical (unpaired) electrons. The number of allylic oxidation sites excluding steroid dienone is 2. The predicted molar refractivity (Wildman–Crippen MR) is 146 cm³/mol. The lowest BCUT2D eigenvalue weighted by Gasteiger charge is -2.32. The number of nitrogens with one attached hydrogen (secondary N) is 1. The quantitative estimate of drug-likeness (QED) is 0.366. The molecule has 1 saturated heterocycles. The molecule has 0 aromatic heterocycles. The Labute approximate surface area is 228 Å². The summed E-state index contributed by atoms with van der Waals surface area (Å²) in [4.78, 5) is 55.9. The molecule has 0 spiro atoms. The number of fused-ring (bicyclic) bond motifs is 1. The van der Waals surface area contributed by atoms with E-state index in [0.717, 1.165) is 5.56 Å². The number of likely N-dealkylation sites (tertiary alicyclic amines) is 1. The molecule has 8 heteroatoms. The standard InChI is InChI=1S/C30H34ClN3O4/c1-20(2)32-28(36)26(18-21-10-4-3-5-11-21)34(19-22-12-6-9-15-25(22)31)27(35)16-17-33-29(37)23-13-7-8-14-24(23)30(33)38/h3-12,15,20,23-24,26H,13-14,16-19H2,1-2H3,(H,32,36)/t23-,24+,26-/m0/s1. The van der Waals surface area contributed by atoms with Crippen molar-refractivity contribution in [2.45, 2.75) is 58.2 Å². The smallest absolute Gasteiger partial charge is 0.243 e. The highest BCUT2D eigenvalue weighted by Gasteiger charge is 2.47. The fourth-order valence-electron chi connectivity index (χ4n) is 5.19. The van der Waals surface area contributed by atoms with Crippen LogP contribution < -0.4 is 5.32 Å². The molecule has 1 heterocycles. The Hall–Kier alpha value is -3.45. The van der Waals surface area contributed by atoms with Crippen molar-refractivity contribution in [3.8, 4) is 0 Å². The number of nitrogens with zero attached hydrogens (tertiary/aromatic N) is 2. The molecule has 0 bridgehead atoms. The summed E-state index contributed by atoms with van der Waals surface area (Å²) in [5.41, 5.74) is 1.62. The minimum Gasteiger partial charge on any atom is -0.352 e. The van der Waals surface area contributed by atoms with Crippen LogP contribution in [0.4, 0.5) is 0 Å². The van der Waals surface area contributed by atoms with Crippen LogP contribution in [0, 0.1) is 11.8 Å². The highest BCUT2D eigenvalue weighted by Crippen LogP contribution is 2.35. The normalized spacial score (nSPS) is 19.4. The molecule has 7 nitrogen and oxygen atoms in total. The predicted octanol–water partition coefficient (Wildman–Crippen LogP) is 4.15. The largest absolute Gasteiger partial charge is 0.352 e. The monoisotopic (exact) mass is 535 g/mol. The second-order valence-electron chi connectivity index (χ2n) is 10.2. The first-order valence-electron chi connectivity index (χ1n) is 13.1. The third kappa shape index (κ3) is 6.33. The van der Waals surface area contributed by atoms with E-state index < -0.39 is 6.04 Å². The van der Waals surface area contributed by atoms with E-state index in [1.165, 1.54) is 9.80 Å². The third-order valence-electron chi connectivity index (χ3n) is 7.15. The summed E-state index contributed by atoms with van der Waals surface area (Å²) < 4.78 is 0. The average Bonchev–Trinajstić information content (AvgIpc) is 3.15. The number of carbonyl (C=O) groups excluding carboxylic acids is 4. The summed E-state index contributed by atoms with van der Waals surface area (Å²) in [5.74, 6) is -1.71. The molecule has 0 saturated carbocycles. The molecule has 4 amide bonds. The summed E-state index contributed by atoms with van der Waals surface area (Å²) in [6.45, 7) is 3.86. The molecule has 4 rings (SSSR count). The van der Waals surface area contributed by atoms with Crippen molar-refractivity contribution in [3.63, 3.8) is 0 Å². The van der Waals surface area contributed by atoms with Gasteiger partial charge in [-0.1, -0.05) is 72.3 Å². The first-order chi connectivity index (χ1) is 18.3. The molecule has 1 aliphatic carbocycles. The van der Waals surface area contributed by atoms with E-state index in [-0.39, 0.29) is 61.0 Å². The van der Waals surface area contributed by atoms with Crippen LogP contribution in [0.5, 0.6) is 0 Å². The Bertz CT molecular complexity index is 1190. The molecule has 1 aliphatic heterocycles. The van der Waals surface area contributed by atoms with Crippen LogP contribution in [0.3, 0.4) is 0 Å². The number of benzene rings is 2. The van der Waals surface area contributed by atoms with Crippen LogP contribution >= 0.6 is 11.6 Å². The zero-order chi connectivity index (χ0) is 27.2. The van der Waals surface area contributed by atoms with Crippen molar-refractivity contribution in [3.05, 3.63) is 82.9 Å². The topological polar surface area (TPSA) is 86.8 Å². The van der Waals surface area contributed by atoms with Gasteiger partial charge in [-0.25, -0.2) is 0 Å². The molecule has 2 aromatic rings. The van der Waals surface area contributed by atoms with Crippen molar-refractivity contribution in [2.24, 2.45) is 11.8 Å². The first-order valence-corrected chi connectivity index (χ1v) is 13.5. The van der Waals surface area contributed by atoms with Gasteiger partial charge in [-0.15, -0.1) is 0 Å². The molecule has 200 valence electrons. The van der Waals surface area contributed by atoms with Gasteiger partial charge in [-0.3, -0.25) is 24.1 Å². The fourth-order valence-corrected chi connectivity index (χ4v) is 5.38. The highest BCUT2D eigenvalue weighted by molar-refractivity contribution is 6.31. The Morgan fingerprint density at radius 2 is 1.58 bits per heavy atom. The van der Waals surface area contributed by atoms with Crippen LogP contribution in [0.1, 0.15) is 44.2 Å². The second-order valence-corrected chi connectivity index (χ2v) is 10.6. The summed E-state index contributed by atoms with van der Waals surface area (Å²) in [6.07, 6.45) is 5.21. The van der Waals surface area contributed by atoms with Crippen LogP contribution in [0.15, 0.2) is 66.7 Å². The van der Waals surface area contributed by atoms with Gasteiger partial charge in [0, 0.05) is 37.0 Å². The molecular formula is C30H34ClN3O4. The average molecular weight is 536 g/mol. The SMILES string of the molecule is CC(C)NC(=O)[C@H](Cc1ccccc1)N(Cc1ccccc1Cl)C(=O)CCN1C(=O)[C@H]2CC=CC[C@H]2C1=O. The highest BCUT2D eigenvalue weighted by atomic mass is 35.5. The van der Waals surface area contributed by atoms with Crippen LogP contribution in [-0.2, 0) is 32.1 Å². The Kier molecular flexibility index (Phi) is 9.00. The van der Waals surface area contributed by atoms with Crippen molar-refractivity contribution in [1.82, 2.24) is 15.1 Å². The molecule has 3 atom stereocenters. The van der Waals surface area contributed by atoms with Gasteiger partial charge >= 0.3 is 0 Å². The van der Waals surface area contributed by atoms with Crippen molar-refractivity contribution in [2.75, 3.05) is 6.54 Å². The van der Waals surface area contributed by atoms with Gasteiger partial charge in [0.05, 0.1) is 11.8 Å². The summed E-state index contributed by atoms with van der Waals surface area (Å²) in [6, 6.07) is 15.8. The van der Waals surface area contributed by atoms with Crippen LogP contribution in [-0.4, -0.2) is 52.1 Å². The molecule has 0 unspecified atom stereocenters. The minimum absolute atomic E-state index is 0.00756. The lowest BCUT2D eigenvalue weighted by molar-refractivity contribution is -0.144. The van der Waals surface area contributed by atoms with Gasteiger partial charge in [-0.2, -0.15) is 0 Å². The van der Waals surface area contributed by atoms with E-state index in [2.05, 4.69) is 5.32 Å². The number of hydrogen-bond acceptors (Lipinski definition) is 4. The van der Waals surface area contributed by atoms with Gasteiger partial charge in [0.25, 0.3) is 0 Å². The third-order valence-corrected chi connectivity index (χ3v) is 7.52. The maximum atomic E-state index is 13.8. The Morgan fingerprint density at radius 3 is 2.18 bits per heavy atom. The maximum absolute atomic E-state index is 13.8. The molecule has 1 fully saturated rings. The lowest BCUT2D eigenvalue weighted by Crippen LogP contribution is -2.52. The molecule has 1 N–H and O–H groups in total. The minimum atomic E-state index is -0.805. The second kappa shape index (κ2) is 12.4. The number of imide groups is 1. The number of rotatable bonds is 10. The number of halogens is 1. The van der Waals surface area contributed by atoms with Crippen molar-refractivity contribution < 1.29 is 19.2 Å². The van der Waals surface area contributed by atoms with Gasteiger partial charge in [0.2, 0.25) is 23.6 Å². The van der Waals surface area contributed by atoms with Crippen molar-refractivity contribution >= 4 is 35.2 Å². The Balaban J connectivity index is 1.59. The molecule has 2 aliphatic rings. The zero-order valence-corrected chi connectivity index (χ0v) is 22.6. The van der Waals surface area contributed by atoms with E-state index in [1.807, 2.05) is 74.5 Å². The van der Waals surface area contributed by atoms with E-state index in [4.69, 9.17) is 11.6 Å². The van der Waals surface area contributed by atoms with E-state index in [9.17, 15) is 19.2 Å². The summed E-state index contributed by atoms with van der Waals surface area (Å²) in [5, 5.41) is 3.45. The van der Waals surface area contributed by atoms with E-state index in [1.54, 1.807) is 6.07 Å². The molecule has 38 heavy (non-hydrogen) atoms. The molecular weight excluding hydrogens is 502 g/mol. The maximum Gasteiger partial charge on any atom is 0.243 e. The molecule has 2 aromatic carbocycles. The van der Waals surface area contributed by atoms with Gasteiger partial charge < -0.3 is 10.2 Å². The number of hydrogen-bond donors (Lipinski definition) is 1. The van der Waals surface area contributed by atoms with Crippen LogP contribution in [0.25, 0.3) is 0 Å². The fraction of sp³-hybridized carbons (Fsp3) is 0.400.